The minimum atomic E-state index is -0.137. The molecule has 1 atom stereocenters. The fourth-order valence-electron chi connectivity index (χ4n) is 3.51. The van der Waals surface area contributed by atoms with Gasteiger partial charge in [-0.25, -0.2) is 9.97 Å². The van der Waals surface area contributed by atoms with Crippen molar-refractivity contribution in [3.63, 3.8) is 0 Å². The fourth-order valence-corrected chi connectivity index (χ4v) is 3.51. The number of anilines is 1. The lowest BCUT2D eigenvalue weighted by Gasteiger charge is -2.22. The van der Waals surface area contributed by atoms with E-state index in [0.717, 1.165) is 38.8 Å². The highest BCUT2D eigenvalue weighted by molar-refractivity contribution is 5.93. The Morgan fingerprint density at radius 1 is 1.24 bits per heavy atom. The standard InChI is InChI=1S/C17H22N6O2/c1-2-14-20-15(21-25-14)13-6-5-11-23(13)16(24)12-7-8-18-17(19-12)22-9-3-4-10-22/h7-8,13H,2-6,9-11H2,1H3. The fraction of sp³-hybridized carbons (Fsp3) is 0.588. The quantitative estimate of drug-likeness (QED) is 0.839. The molecule has 2 aliphatic heterocycles. The highest BCUT2D eigenvalue weighted by Gasteiger charge is 2.34. The highest BCUT2D eigenvalue weighted by atomic mass is 16.5. The number of carbonyl (C=O) groups is 1. The Bertz CT molecular complexity index is 755. The van der Waals surface area contributed by atoms with E-state index in [2.05, 4.69) is 25.0 Å². The smallest absolute Gasteiger partial charge is 0.273 e. The summed E-state index contributed by atoms with van der Waals surface area (Å²) in [6, 6.07) is 1.55. The zero-order valence-electron chi connectivity index (χ0n) is 14.4. The summed E-state index contributed by atoms with van der Waals surface area (Å²) in [7, 11) is 0. The second-order valence-electron chi connectivity index (χ2n) is 6.49. The number of carbonyl (C=O) groups excluding carboxylic acids is 1. The first-order chi connectivity index (χ1) is 12.3. The van der Waals surface area contributed by atoms with Crippen LogP contribution in [0.4, 0.5) is 5.95 Å². The van der Waals surface area contributed by atoms with Gasteiger partial charge >= 0.3 is 0 Å². The van der Waals surface area contributed by atoms with Crippen molar-refractivity contribution in [2.75, 3.05) is 24.5 Å². The van der Waals surface area contributed by atoms with Gasteiger partial charge in [-0.3, -0.25) is 4.79 Å². The summed E-state index contributed by atoms with van der Waals surface area (Å²) >= 11 is 0. The molecule has 1 amide bonds. The number of aromatic nitrogens is 4. The first kappa shape index (κ1) is 16.0. The Morgan fingerprint density at radius 3 is 2.84 bits per heavy atom. The number of hydrogen-bond donors (Lipinski definition) is 0. The molecule has 8 nitrogen and oxygen atoms in total. The summed E-state index contributed by atoms with van der Waals surface area (Å²) in [4.78, 5) is 30.2. The van der Waals surface area contributed by atoms with Crippen molar-refractivity contribution in [2.24, 2.45) is 0 Å². The third-order valence-electron chi connectivity index (χ3n) is 4.85. The molecule has 2 fully saturated rings. The lowest BCUT2D eigenvalue weighted by atomic mass is 10.2. The number of nitrogens with zero attached hydrogens (tertiary/aromatic N) is 6. The Labute approximate surface area is 146 Å². The van der Waals surface area contributed by atoms with Crippen molar-refractivity contribution in [1.29, 1.82) is 0 Å². The van der Waals surface area contributed by atoms with Crippen LogP contribution in [-0.4, -0.2) is 50.5 Å². The van der Waals surface area contributed by atoms with E-state index < -0.39 is 0 Å². The van der Waals surface area contributed by atoms with E-state index in [1.54, 1.807) is 17.2 Å². The van der Waals surface area contributed by atoms with Gasteiger partial charge in [0.15, 0.2) is 5.82 Å². The van der Waals surface area contributed by atoms with Gasteiger partial charge in [0.25, 0.3) is 5.91 Å². The Balaban J connectivity index is 1.56. The molecule has 8 heteroatoms. The first-order valence-electron chi connectivity index (χ1n) is 8.97. The molecule has 1 unspecified atom stereocenters. The summed E-state index contributed by atoms with van der Waals surface area (Å²) < 4.78 is 5.22. The van der Waals surface area contributed by atoms with Crippen molar-refractivity contribution in [2.45, 2.75) is 45.1 Å². The van der Waals surface area contributed by atoms with Crippen molar-refractivity contribution < 1.29 is 9.32 Å². The van der Waals surface area contributed by atoms with Crippen LogP contribution in [0, 0.1) is 0 Å². The molecule has 2 aliphatic rings. The Hall–Kier alpha value is -2.51. The summed E-state index contributed by atoms with van der Waals surface area (Å²) in [6.07, 6.45) is 6.43. The van der Waals surface area contributed by atoms with Crippen LogP contribution >= 0.6 is 0 Å². The lowest BCUT2D eigenvalue weighted by Crippen LogP contribution is -2.32. The van der Waals surface area contributed by atoms with Gasteiger partial charge in [0.1, 0.15) is 5.69 Å². The van der Waals surface area contributed by atoms with Gasteiger partial charge in [0.05, 0.1) is 6.04 Å². The van der Waals surface area contributed by atoms with Gasteiger partial charge in [-0.05, 0) is 31.7 Å². The van der Waals surface area contributed by atoms with E-state index in [4.69, 9.17) is 4.52 Å². The molecule has 0 aromatic carbocycles. The number of rotatable bonds is 4. The minimum absolute atomic E-state index is 0.0896. The zero-order chi connectivity index (χ0) is 17.2. The summed E-state index contributed by atoms with van der Waals surface area (Å²) in [5, 5.41) is 4.05. The lowest BCUT2D eigenvalue weighted by molar-refractivity contribution is 0.0722. The van der Waals surface area contributed by atoms with E-state index in [1.807, 2.05) is 6.92 Å². The summed E-state index contributed by atoms with van der Waals surface area (Å²) in [6.45, 7) is 4.55. The maximum absolute atomic E-state index is 13.0. The van der Waals surface area contributed by atoms with E-state index in [1.165, 1.54) is 0 Å². The average Bonchev–Trinajstić information content (AvgIpc) is 3.41. The molecular formula is C17H22N6O2. The molecule has 25 heavy (non-hydrogen) atoms. The zero-order valence-corrected chi connectivity index (χ0v) is 14.4. The second kappa shape index (κ2) is 6.78. The summed E-state index contributed by atoms with van der Waals surface area (Å²) in [5.74, 6) is 1.75. The van der Waals surface area contributed by atoms with Crippen LogP contribution in [0.15, 0.2) is 16.8 Å². The van der Waals surface area contributed by atoms with Gasteiger partial charge in [0, 0.05) is 32.3 Å². The van der Waals surface area contributed by atoms with Gasteiger partial charge in [-0.2, -0.15) is 4.98 Å². The largest absolute Gasteiger partial charge is 0.341 e. The number of aryl methyl sites for hydroxylation is 1. The van der Waals surface area contributed by atoms with Crippen LogP contribution < -0.4 is 4.90 Å². The van der Waals surface area contributed by atoms with Crippen LogP contribution in [0.5, 0.6) is 0 Å². The van der Waals surface area contributed by atoms with E-state index in [9.17, 15) is 4.79 Å². The summed E-state index contributed by atoms with van der Waals surface area (Å²) in [5.41, 5.74) is 0.433. The monoisotopic (exact) mass is 342 g/mol. The number of hydrogen-bond acceptors (Lipinski definition) is 7. The molecule has 0 saturated carbocycles. The van der Waals surface area contributed by atoms with Crippen molar-refractivity contribution >= 4 is 11.9 Å². The Morgan fingerprint density at radius 2 is 2.08 bits per heavy atom. The SMILES string of the molecule is CCc1nc(C2CCCN2C(=O)c2ccnc(N3CCCC3)n2)no1. The van der Waals surface area contributed by atoms with Crippen LogP contribution in [0.3, 0.4) is 0 Å². The second-order valence-corrected chi connectivity index (χ2v) is 6.49. The molecule has 0 aliphatic carbocycles. The van der Waals surface area contributed by atoms with Crippen LogP contribution in [-0.2, 0) is 6.42 Å². The topological polar surface area (TPSA) is 88.3 Å². The molecule has 2 saturated heterocycles. The molecule has 4 heterocycles. The molecule has 132 valence electrons. The van der Waals surface area contributed by atoms with Crippen LogP contribution in [0.1, 0.15) is 60.9 Å². The molecule has 0 spiro atoms. The van der Waals surface area contributed by atoms with Crippen molar-refractivity contribution in [3.8, 4) is 0 Å². The maximum atomic E-state index is 13.0. The predicted molar refractivity (Wildman–Crippen MR) is 90.2 cm³/mol. The average molecular weight is 342 g/mol. The normalized spacial score (nSPS) is 20.4. The van der Waals surface area contributed by atoms with Gasteiger partial charge in [0.2, 0.25) is 11.8 Å². The maximum Gasteiger partial charge on any atom is 0.273 e. The first-order valence-corrected chi connectivity index (χ1v) is 8.97. The molecule has 0 bridgehead atoms. The predicted octanol–water partition coefficient (Wildman–Crippen LogP) is 2.00. The minimum Gasteiger partial charge on any atom is -0.341 e. The molecule has 0 N–H and O–H groups in total. The van der Waals surface area contributed by atoms with Crippen molar-refractivity contribution in [1.82, 2.24) is 25.0 Å². The highest BCUT2D eigenvalue weighted by Crippen LogP contribution is 2.31. The molecule has 4 rings (SSSR count). The number of amides is 1. The van der Waals surface area contributed by atoms with Crippen molar-refractivity contribution in [3.05, 3.63) is 29.7 Å². The third kappa shape index (κ3) is 3.08. The van der Waals surface area contributed by atoms with Gasteiger partial charge < -0.3 is 14.3 Å². The van der Waals surface area contributed by atoms with Gasteiger partial charge in [-0.15, -0.1) is 0 Å². The molecule has 2 aromatic heterocycles. The number of likely N-dealkylation sites (tertiary alicyclic amines) is 1. The van der Waals surface area contributed by atoms with E-state index in [0.29, 0.717) is 36.3 Å². The molecule has 0 radical (unpaired) electrons. The Kier molecular flexibility index (Phi) is 4.33. The molecule has 2 aromatic rings. The van der Waals surface area contributed by atoms with E-state index >= 15 is 0 Å². The van der Waals surface area contributed by atoms with Gasteiger partial charge in [-0.1, -0.05) is 12.1 Å². The van der Waals surface area contributed by atoms with Crippen LogP contribution in [0.2, 0.25) is 0 Å². The van der Waals surface area contributed by atoms with Crippen LogP contribution in [0.25, 0.3) is 0 Å². The van der Waals surface area contributed by atoms with E-state index in [-0.39, 0.29) is 11.9 Å². The third-order valence-corrected chi connectivity index (χ3v) is 4.85. The molecular weight excluding hydrogens is 320 g/mol.